The Labute approximate surface area is 132 Å². The fourth-order valence-electron chi connectivity index (χ4n) is 4.14. The Morgan fingerprint density at radius 1 is 1.14 bits per heavy atom. The first kappa shape index (κ1) is 17.2. The van der Waals surface area contributed by atoms with E-state index in [-0.39, 0.29) is 0 Å². The van der Waals surface area contributed by atoms with Gasteiger partial charge in [0.25, 0.3) is 0 Å². The van der Waals surface area contributed by atoms with Crippen LogP contribution in [0, 0.1) is 11.3 Å². The van der Waals surface area contributed by atoms with E-state index in [2.05, 4.69) is 42.9 Å². The Bertz CT molecular complexity index is 303. The van der Waals surface area contributed by atoms with Crippen molar-refractivity contribution in [1.82, 2.24) is 15.1 Å². The third-order valence-corrected chi connectivity index (χ3v) is 5.48. The van der Waals surface area contributed by atoms with Crippen LogP contribution in [-0.4, -0.2) is 62.2 Å². The van der Waals surface area contributed by atoms with Crippen LogP contribution in [0.3, 0.4) is 0 Å². The van der Waals surface area contributed by atoms with Crippen molar-refractivity contribution in [2.45, 2.75) is 58.9 Å². The zero-order chi connectivity index (χ0) is 15.3. The van der Waals surface area contributed by atoms with E-state index in [1.54, 1.807) is 0 Å². The molecule has 2 fully saturated rings. The van der Waals surface area contributed by atoms with Crippen LogP contribution in [0.1, 0.15) is 52.9 Å². The Hall–Kier alpha value is -0.120. The van der Waals surface area contributed by atoms with E-state index in [1.807, 2.05) is 0 Å². The van der Waals surface area contributed by atoms with Crippen molar-refractivity contribution in [2.75, 3.05) is 46.3 Å². The molecule has 3 nitrogen and oxygen atoms in total. The normalized spacial score (nSPS) is 32.0. The highest BCUT2D eigenvalue weighted by Gasteiger charge is 2.35. The summed E-state index contributed by atoms with van der Waals surface area (Å²) in [4.78, 5) is 5.22. The molecule has 0 spiro atoms. The van der Waals surface area contributed by atoms with Gasteiger partial charge >= 0.3 is 0 Å². The van der Waals surface area contributed by atoms with E-state index in [9.17, 15) is 0 Å². The third-order valence-electron chi connectivity index (χ3n) is 5.48. The van der Waals surface area contributed by atoms with Crippen LogP contribution in [0.15, 0.2) is 0 Å². The second kappa shape index (κ2) is 7.94. The van der Waals surface area contributed by atoms with Crippen molar-refractivity contribution >= 4 is 0 Å². The summed E-state index contributed by atoms with van der Waals surface area (Å²) >= 11 is 0. The highest BCUT2D eigenvalue weighted by Crippen LogP contribution is 2.39. The van der Waals surface area contributed by atoms with Gasteiger partial charge in [-0.25, -0.2) is 0 Å². The molecule has 1 heterocycles. The molecule has 0 bridgehead atoms. The number of nitrogens with one attached hydrogen (secondary N) is 1. The van der Waals surface area contributed by atoms with E-state index in [4.69, 9.17) is 0 Å². The highest BCUT2D eigenvalue weighted by atomic mass is 15.2. The molecule has 1 saturated heterocycles. The van der Waals surface area contributed by atoms with Crippen LogP contribution in [0.2, 0.25) is 0 Å². The predicted octanol–water partition coefficient (Wildman–Crippen LogP) is 2.82. The molecule has 3 heteroatoms. The average Bonchev–Trinajstić information content (AvgIpc) is 2.62. The molecule has 1 aliphatic heterocycles. The largest absolute Gasteiger partial charge is 0.314 e. The van der Waals surface area contributed by atoms with Crippen molar-refractivity contribution in [3.8, 4) is 0 Å². The van der Waals surface area contributed by atoms with Crippen LogP contribution in [0.5, 0.6) is 0 Å². The van der Waals surface area contributed by atoms with Gasteiger partial charge in [-0.2, -0.15) is 0 Å². The maximum atomic E-state index is 3.84. The average molecular weight is 296 g/mol. The summed E-state index contributed by atoms with van der Waals surface area (Å²) in [6, 6.07) is 0.749. The summed E-state index contributed by atoms with van der Waals surface area (Å²) < 4.78 is 0. The summed E-state index contributed by atoms with van der Waals surface area (Å²) in [7, 11) is 2.26. The monoisotopic (exact) mass is 295 g/mol. The Kier molecular flexibility index (Phi) is 6.51. The standard InChI is InChI=1S/C18H37N3/c1-5-9-19-17-7-8-18(2,3)14-16(17)15-21-11-6-10-20(4)12-13-21/h16-17,19H,5-15H2,1-4H3. The van der Waals surface area contributed by atoms with Gasteiger partial charge in [-0.15, -0.1) is 0 Å². The van der Waals surface area contributed by atoms with Gasteiger partial charge in [0.1, 0.15) is 0 Å². The zero-order valence-corrected chi connectivity index (χ0v) is 14.8. The van der Waals surface area contributed by atoms with Crippen LogP contribution in [-0.2, 0) is 0 Å². The number of hydrogen-bond donors (Lipinski definition) is 1. The van der Waals surface area contributed by atoms with E-state index in [0.29, 0.717) is 5.41 Å². The summed E-state index contributed by atoms with van der Waals surface area (Å²) in [6.45, 7) is 14.8. The maximum absolute atomic E-state index is 3.84. The third kappa shape index (κ3) is 5.54. The molecule has 0 aromatic carbocycles. The van der Waals surface area contributed by atoms with Gasteiger partial charge in [0.15, 0.2) is 0 Å². The molecule has 1 N–H and O–H groups in total. The van der Waals surface area contributed by atoms with E-state index in [0.717, 1.165) is 12.0 Å². The van der Waals surface area contributed by atoms with Gasteiger partial charge < -0.3 is 15.1 Å². The topological polar surface area (TPSA) is 18.5 Å². The highest BCUT2D eigenvalue weighted by molar-refractivity contribution is 4.90. The Balaban J connectivity index is 1.91. The van der Waals surface area contributed by atoms with Gasteiger partial charge in [0, 0.05) is 25.7 Å². The summed E-state index contributed by atoms with van der Waals surface area (Å²) in [5.41, 5.74) is 0.539. The number of nitrogens with zero attached hydrogens (tertiary/aromatic N) is 2. The molecule has 0 amide bonds. The van der Waals surface area contributed by atoms with Crippen molar-refractivity contribution in [3.05, 3.63) is 0 Å². The van der Waals surface area contributed by atoms with Crippen molar-refractivity contribution in [3.63, 3.8) is 0 Å². The van der Waals surface area contributed by atoms with Crippen LogP contribution in [0.4, 0.5) is 0 Å². The zero-order valence-electron chi connectivity index (χ0n) is 14.8. The fourth-order valence-corrected chi connectivity index (χ4v) is 4.14. The van der Waals surface area contributed by atoms with E-state index < -0.39 is 0 Å². The second-order valence-electron chi connectivity index (χ2n) is 8.19. The van der Waals surface area contributed by atoms with E-state index >= 15 is 0 Å². The number of hydrogen-bond acceptors (Lipinski definition) is 3. The van der Waals surface area contributed by atoms with Gasteiger partial charge in [-0.1, -0.05) is 20.8 Å². The Morgan fingerprint density at radius 3 is 2.71 bits per heavy atom. The van der Waals surface area contributed by atoms with Gasteiger partial charge in [0.2, 0.25) is 0 Å². The smallest absolute Gasteiger partial charge is 0.0109 e. The lowest BCUT2D eigenvalue weighted by molar-refractivity contribution is 0.101. The van der Waals surface area contributed by atoms with Crippen LogP contribution >= 0.6 is 0 Å². The first-order valence-electron chi connectivity index (χ1n) is 9.14. The summed E-state index contributed by atoms with van der Waals surface area (Å²) in [5, 5.41) is 3.84. The van der Waals surface area contributed by atoms with Crippen LogP contribution < -0.4 is 5.32 Å². The van der Waals surface area contributed by atoms with Crippen molar-refractivity contribution < 1.29 is 0 Å². The number of likely N-dealkylation sites (N-methyl/N-ethyl adjacent to an activating group) is 1. The van der Waals surface area contributed by atoms with Crippen molar-refractivity contribution in [2.24, 2.45) is 11.3 Å². The first-order valence-corrected chi connectivity index (χ1v) is 9.14. The molecule has 1 saturated carbocycles. The lowest BCUT2D eigenvalue weighted by Crippen LogP contribution is -2.48. The minimum atomic E-state index is 0.539. The Morgan fingerprint density at radius 2 is 1.95 bits per heavy atom. The second-order valence-corrected chi connectivity index (χ2v) is 8.19. The molecule has 1 aliphatic carbocycles. The maximum Gasteiger partial charge on any atom is 0.0109 e. The minimum absolute atomic E-state index is 0.539. The van der Waals surface area contributed by atoms with Crippen LogP contribution in [0.25, 0.3) is 0 Å². The molecule has 2 aliphatic rings. The molecule has 0 radical (unpaired) electrons. The number of rotatable bonds is 5. The van der Waals surface area contributed by atoms with E-state index in [1.165, 1.54) is 71.4 Å². The molecule has 2 unspecified atom stereocenters. The quantitative estimate of drug-likeness (QED) is 0.841. The molecule has 0 aromatic rings. The predicted molar refractivity (Wildman–Crippen MR) is 91.8 cm³/mol. The molecule has 21 heavy (non-hydrogen) atoms. The lowest BCUT2D eigenvalue weighted by atomic mass is 9.69. The van der Waals surface area contributed by atoms with Gasteiger partial charge in [-0.05, 0) is 70.1 Å². The van der Waals surface area contributed by atoms with Gasteiger partial charge in [-0.3, -0.25) is 0 Å². The summed E-state index contributed by atoms with van der Waals surface area (Å²) in [5.74, 6) is 0.837. The molecule has 0 aromatic heterocycles. The molecular formula is C18H37N3. The fraction of sp³-hybridized carbons (Fsp3) is 1.00. The minimum Gasteiger partial charge on any atom is -0.314 e. The SMILES string of the molecule is CCCNC1CCC(C)(C)CC1CN1CCCN(C)CC1. The lowest BCUT2D eigenvalue weighted by Gasteiger charge is -2.43. The summed E-state index contributed by atoms with van der Waals surface area (Å²) in [6.07, 6.45) is 6.72. The molecular weight excluding hydrogens is 258 g/mol. The van der Waals surface area contributed by atoms with Gasteiger partial charge in [0.05, 0.1) is 0 Å². The van der Waals surface area contributed by atoms with Crippen molar-refractivity contribution in [1.29, 1.82) is 0 Å². The molecule has 2 rings (SSSR count). The first-order chi connectivity index (χ1) is 10.00. The molecule has 124 valence electrons. The molecule has 2 atom stereocenters.